The van der Waals surface area contributed by atoms with E-state index in [1.807, 2.05) is 0 Å². The SMILES string of the molecule is Cn1ncc2cc(C(N)=O)cc(Oc3ccc(OCCOC4CCOCC4)cc3F)c21. The Hall–Kier alpha value is -3.17. The van der Waals surface area contributed by atoms with Gasteiger partial charge in [0.05, 0.1) is 18.9 Å². The van der Waals surface area contributed by atoms with Gasteiger partial charge in [-0.3, -0.25) is 9.48 Å². The van der Waals surface area contributed by atoms with Gasteiger partial charge < -0.3 is 24.7 Å². The molecule has 1 aromatic heterocycles. The van der Waals surface area contributed by atoms with Crippen LogP contribution in [0.2, 0.25) is 0 Å². The molecule has 1 fully saturated rings. The minimum Gasteiger partial charge on any atom is -0.491 e. The van der Waals surface area contributed by atoms with Crippen LogP contribution >= 0.6 is 0 Å². The molecule has 8 nitrogen and oxygen atoms in total. The highest BCUT2D eigenvalue weighted by Gasteiger charge is 2.16. The Bertz CT molecular complexity index is 1080. The summed E-state index contributed by atoms with van der Waals surface area (Å²) in [5.41, 5.74) is 6.27. The van der Waals surface area contributed by atoms with Crippen molar-refractivity contribution in [3.63, 3.8) is 0 Å². The van der Waals surface area contributed by atoms with Gasteiger partial charge in [-0.25, -0.2) is 4.39 Å². The first-order valence-electron chi connectivity index (χ1n) is 10.1. The fourth-order valence-electron chi connectivity index (χ4n) is 3.49. The molecule has 0 atom stereocenters. The van der Waals surface area contributed by atoms with Crippen molar-refractivity contribution in [3.05, 3.63) is 47.9 Å². The number of nitrogens with zero attached hydrogens (tertiary/aromatic N) is 2. The summed E-state index contributed by atoms with van der Waals surface area (Å²) in [6, 6.07) is 7.44. The average molecular weight is 429 g/mol. The molecule has 0 spiro atoms. The second-order valence-electron chi connectivity index (χ2n) is 7.27. The van der Waals surface area contributed by atoms with Crippen LogP contribution in [0.1, 0.15) is 23.2 Å². The molecule has 2 heterocycles. The molecule has 1 saturated heterocycles. The summed E-state index contributed by atoms with van der Waals surface area (Å²) >= 11 is 0. The predicted octanol–water partition coefficient (Wildman–Crippen LogP) is 3.18. The van der Waals surface area contributed by atoms with Crippen molar-refractivity contribution in [1.82, 2.24) is 9.78 Å². The molecule has 0 bridgehead atoms. The summed E-state index contributed by atoms with van der Waals surface area (Å²) in [5.74, 6) is -0.555. The van der Waals surface area contributed by atoms with Gasteiger partial charge in [0.15, 0.2) is 17.3 Å². The monoisotopic (exact) mass is 429 g/mol. The number of primary amides is 1. The van der Waals surface area contributed by atoms with Gasteiger partial charge in [0.2, 0.25) is 5.91 Å². The van der Waals surface area contributed by atoms with Crippen LogP contribution in [0.15, 0.2) is 36.5 Å². The lowest BCUT2D eigenvalue weighted by molar-refractivity contribution is -0.0388. The topological polar surface area (TPSA) is 97.8 Å². The Morgan fingerprint density at radius 3 is 2.77 bits per heavy atom. The van der Waals surface area contributed by atoms with Gasteiger partial charge in [0.25, 0.3) is 0 Å². The van der Waals surface area contributed by atoms with Gasteiger partial charge in [-0.1, -0.05) is 0 Å². The second-order valence-corrected chi connectivity index (χ2v) is 7.27. The smallest absolute Gasteiger partial charge is 0.248 e. The maximum Gasteiger partial charge on any atom is 0.248 e. The first kappa shape index (κ1) is 21.1. The fraction of sp³-hybridized carbons (Fsp3) is 0.364. The zero-order valence-electron chi connectivity index (χ0n) is 17.2. The number of aromatic nitrogens is 2. The third-order valence-electron chi connectivity index (χ3n) is 5.08. The molecule has 4 rings (SSSR count). The number of aryl methyl sites for hydroxylation is 1. The number of carbonyl (C=O) groups is 1. The maximum absolute atomic E-state index is 14.7. The molecule has 3 aromatic rings. The van der Waals surface area contributed by atoms with E-state index in [0.29, 0.717) is 43.1 Å². The van der Waals surface area contributed by atoms with Crippen LogP contribution in [0.25, 0.3) is 10.9 Å². The summed E-state index contributed by atoms with van der Waals surface area (Å²) in [4.78, 5) is 11.6. The van der Waals surface area contributed by atoms with Gasteiger partial charge in [0.1, 0.15) is 17.9 Å². The van der Waals surface area contributed by atoms with Gasteiger partial charge >= 0.3 is 0 Å². The first-order valence-corrected chi connectivity index (χ1v) is 10.1. The number of rotatable bonds is 8. The highest BCUT2D eigenvalue weighted by molar-refractivity contribution is 5.99. The van der Waals surface area contributed by atoms with Crippen molar-refractivity contribution in [3.8, 4) is 17.2 Å². The molecule has 1 aliphatic rings. The Kier molecular flexibility index (Phi) is 6.34. The zero-order valence-corrected chi connectivity index (χ0v) is 17.2. The van der Waals surface area contributed by atoms with Gasteiger partial charge in [-0.2, -0.15) is 5.10 Å². The number of benzene rings is 2. The number of nitrogens with two attached hydrogens (primary N) is 1. The number of amides is 1. The van der Waals surface area contributed by atoms with Crippen LogP contribution in [0.5, 0.6) is 17.2 Å². The second kappa shape index (κ2) is 9.32. The summed E-state index contributed by atoms with van der Waals surface area (Å²) in [6.07, 6.45) is 3.53. The number of hydrogen-bond acceptors (Lipinski definition) is 6. The summed E-state index contributed by atoms with van der Waals surface area (Å²) in [5, 5.41) is 4.83. The van der Waals surface area contributed by atoms with Crippen molar-refractivity contribution < 1.29 is 28.1 Å². The summed E-state index contributed by atoms with van der Waals surface area (Å²) in [7, 11) is 1.73. The van der Waals surface area contributed by atoms with Crippen LogP contribution in [-0.4, -0.2) is 48.2 Å². The zero-order chi connectivity index (χ0) is 21.8. The Morgan fingerprint density at radius 2 is 2.03 bits per heavy atom. The summed E-state index contributed by atoms with van der Waals surface area (Å²) in [6.45, 7) is 2.16. The van der Waals surface area contributed by atoms with Gasteiger partial charge in [-0.05, 0) is 37.1 Å². The van der Waals surface area contributed by atoms with E-state index in [0.717, 1.165) is 12.8 Å². The molecule has 1 amide bonds. The molecule has 9 heteroatoms. The molecule has 31 heavy (non-hydrogen) atoms. The van der Waals surface area contributed by atoms with E-state index < -0.39 is 11.7 Å². The molecule has 2 aromatic carbocycles. The van der Waals surface area contributed by atoms with Crippen molar-refractivity contribution in [2.24, 2.45) is 12.8 Å². The lowest BCUT2D eigenvalue weighted by Crippen LogP contribution is -2.25. The molecule has 164 valence electrons. The van der Waals surface area contributed by atoms with Crippen molar-refractivity contribution >= 4 is 16.8 Å². The molecule has 0 radical (unpaired) electrons. The molecular weight excluding hydrogens is 405 g/mol. The Morgan fingerprint density at radius 1 is 1.23 bits per heavy atom. The van der Waals surface area contributed by atoms with E-state index in [2.05, 4.69) is 5.10 Å². The number of halogens is 1. The predicted molar refractivity (Wildman–Crippen MR) is 111 cm³/mol. The highest BCUT2D eigenvalue weighted by Crippen LogP contribution is 2.33. The highest BCUT2D eigenvalue weighted by atomic mass is 19.1. The van der Waals surface area contributed by atoms with E-state index in [4.69, 9.17) is 24.7 Å². The Balaban J connectivity index is 1.43. The first-order chi connectivity index (χ1) is 15.0. The van der Waals surface area contributed by atoms with E-state index in [-0.39, 0.29) is 23.2 Å². The van der Waals surface area contributed by atoms with E-state index >= 15 is 0 Å². The number of fused-ring (bicyclic) bond motifs is 1. The van der Waals surface area contributed by atoms with E-state index in [9.17, 15) is 9.18 Å². The van der Waals surface area contributed by atoms with Gasteiger partial charge in [-0.15, -0.1) is 0 Å². The normalized spacial score (nSPS) is 14.6. The largest absolute Gasteiger partial charge is 0.491 e. The van der Waals surface area contributed by atoms with Crippen LogP contribution in [0, 0.1) is 5.82 Å². The minimum absolute atomic E-state index is 0.00470. The maximum atomic E-state index is 14.7. The van der Waals surface area contributed by atoms with E-state index in [1.165, 1.54) is 18.2 Å². The standard InChI is InChI=1S/C22H24FN3O5/c1-26-21-15(13-25-26)10-14(22(24)27)11-20(21)31-19-3-2-17(12-18(19)23)30-9-8-29-16-4-6-28-7-5-16/h2-3,10-13,16H,4-9H2,1H3,(H2,24,27). The molecular formula is C22H24FN3O5. The molecule has 0 unspecified atom stereocenters. The van der Waals surface area contributed by atoms with Crippen molar-refractivity contribution in [2.75, 3.05) is 26.4 Å². The van der Waals surface area contributed by atoms with E-state index in [1.54, 1.807) is 30.1 Å². The molecule has 0 aliphatic carbocycles. The third kappa shape index (κ3) is 4.95. The number of ether oxygens (including phenoxy) is 4. The lowest BCUT2D eigenvalue weighted by Gasteiger charge is -2.22. The molecule has 2 N–H and O–H groups in total. The van der Waals surface area contributed by atoms with Crippen LogP contribution in [0.3, 0.4) is 0 Å². The average Bonchev–Trinajstić information content (AvgIpc) is 3.15. The van der Waals surface area contributed by atoms with Crippen molar-refractivity contribution in [2.45, 2.75) is 18.9 Å². The van der Waals surface area contributed by atoms with Crippen LogP contribution in [0.4, 0.5) is 4.39 Å². The quantitative estimate of drug-likeness (QED) is 0.553. The number of hydrogen-bond donors (Lipinski definition) is 1. The lowest BCUT2D eigenvalue weighted by atomic mass is 10.1. The van der Waals surface area contributed by atoms with Gasteiger partial charge in [0, 0.05) is 37.3 Å². The van der Waals surface area contributed by atoms with Crippen LogP contribution < -0.4 is 15.2 Å². The van der Waals surface area contributed by atoms with Crippen molar-refractivity contribution in [1.29, 1.82) is 0 Å². The fourth-order valence-corrected chi connectivity index (χ4v) is 3.49. The molecule has 1 aliphatic heterocycles. The van der Waals surface area contributed by atoms with Crippen LogP contribution in [-0.2, 0) is 16.5 Å². The number of carbonyl (C=O) groups excluding carboxylic acids is 1. The summed E-state index contributed by atoms with van der Waals surface area (Å²) < 4.78 is 38.6. The Labute approximate surface area is 178 Å². The molecule has 0 saturated carbocycles. The third-order valence-corrected chi connectivity index (χ3v) is 5.08. The minimum atomic E-state index is -0.609.